The summed E-state index contributed by atoms with van der Waals surface area (Å²) in [5.41, 5.74) is 7.97. The summed E-state index contributed by atoms with van der Waals surface area (Å²) in [5.74, 6) is 7.03. The third kappa shape index (κ3) is 3.04. The lowest BCUT2D eigenvalue weighted by Crippen LogP contribution is -2.51. The molecule has 1 aliphatic heterocycles. The van der Waals surface area contributed by atoms with E-state index in [0.29, 0.717) is 0 Å². The molecule has 3 nitrogen and oxygen atoms in total. The summed E-state index contributed by atoms with van der Waals surface area (Å²) in [7, 11) is 0. The summed E-state index contributed by atoms with van der Waals surface area (Å²) in [4.78, 5) is 2.39. The van der Waals surface area contributed by atoms with Gasteiger partial charge in [-0.15, -0.1) is 0 Å². The van der Waals surface area contributed by atoms with Gasteiger partial charge in [-0.25, -0.2) is 0 Å². The lowest BCUT2D eigenvalue weighted by Gasteiger charge is -2.44. The molecule has 0 aromatic heterocycles. The van der Waals surface area contributed by atoms with E-state index < -0.39 is 5.60 Å². The number of nitrogens with zero attached hydrogens (tertiary/aromatic N) is 1. The van der Waals surface area contributed by atoms with Gasteiger partial charge in [-0.3, -0.25) is 4.90 Å². The van der Waals surface area contributed by atoms with E-state index in [1.807, 2.05) is 54.6 Å². The van der Waals surface area contributed by atoms with Crippen LogP contribution in [0.25, 0.3) is 0 Å². The van der Waals surface area contributed by atoms with Crippen molar-refractivity contribution in [1.29, 1.82) is 0 Å². The van der Waals surface area contributed by atoms with E-state index in [2.05, 4.69) is 16.7 Å². The minimum atomic E-state index is -0.737. The van der Waals surface area contributed by atoms with E-state index in [1.54, 1.807) is 0 Å². The maximum Gasteiger partial charge on any atom is 0.0977 e. The third-order valence-corrected chi connectivity index (χ3v) is 5.72. The van der Waals surface area contributed by atoms with Gasteiger partial charge in [0.15, 0.2) is 0 Å². The molecule has 2 unspecified atom stereocenters. The highest BCUT2D eigenvalue weighted by atomic mass is 16.3. The van der Waals surface area contributed by atoms with Crippen LogP contribution < -0.4 is 5.73 Å². The second-order valence-corrected chi connectivity index (χ2v) is 7.28. The van der Waals surface area contributed by atoms with Crippen LogP contribution in [-0.4, -0.2) is 29.6 Å². The van der Waals surface area contributed by atoms with Crippen molar-refractivity contribution in [2.45, 2.75) is 18.4 Å². The van der Waals surface area contributed by atoms with Crippen LogP contribution in [0, 0.1) is 23.7 Å². The fraction of sp³-hybridized carbons (Fsp3) is 0.364. The molecule has 2 aromatic carbocycles. The average molecular weight is 332 g/mol. The summed E-state index contributed by atoms with van der Waals surface area (Å²) in [6, 6.07) is 17.9. The van der Waals surface area contributed by atoms with Crippen LogP contribution in [0.5, 0.6) is 0 Å². The monoisotopic (exact) mass is 332 g/mol. The number of nitrogens with two attached hydrogens (primary N) is 1. The molecular formula is C22H24N2O. The molecule has 0 spiro atoms. The summed E-state index contributed by atoms with van der Waals surface area (Å²) >= 11 is 0. The average Bonchev–Trinajstić information content (AvgIpc) is 2.81. The fourth-order valence-electron chi connectivity index (χ4n) is 4.50. The first-order valence-electron chi connectivity index (χ1n) is 9.01. The number of anilines is 1. The van der Waals surface area contributed by atoms with Crippen molar-refractivity contribution in [3.8, 4) is 11.8 Å². The number of hydrogen-bond donors (Lipinski definition) is 2. The zero-order valence-corrected chi connectivity index (χ0v) is 14.4. The molecule has 1 heterocycles. The van der Waals surface area contributed by atoms with Crippen LogP contribution >= 0.6 is 0 Å². The summed E-state index contributed by atoms with van der Waals surface area (Å²) in [6.07, 6.45) is 2.14. The molecule has 1 aliphatic carbocycles. The van der Waals surface area contributed by atoms with Gasteiger partial charge in [-0.1, -0.05) is 42.2 Å². The Hall–Kier alpha value is -2.28. The number of fused-ring (bicyclic) bond motifs is 2. The van der Waals surface area contributed by atoms with Crippen molar-refractivity contribution in [2.75, 3.05) is 25.4 Å². The van der Waals surface area contributed by atoms with Crippen molar-refractivity contribution in [2.24, 2.45) is 11.8 Å². The predicted molar refractivity (Wildman–Crippen MR) is 101 cm³/mol. The molecule has 2 fully saturated rings. The summed E-state index contributed by atoms with van der Waals surface area (Å²) in [5, 5.41) is 11.5. The molecule has 4 rings (SSSR count). The second kappa shape index (κ2) is 6.55. The zero-order valence-electron chi connectivity index (χ0n) is 14.4. The van der Waals surface area contributed by atoms with Gasteiger partial charge in [0.25, 0.3) is 0 Å². The number of hydrogen-bond acceptors (Lipinski definition) is 3. The van der Waals surface area contributed by atoms with E-state index in [9.17, 15) is 5.11 Å². The van der Waals surface area contributed by atoms with E-state index in [4.69, 9.17) is 5.73 Å². The summed E-state index contributed by atoms with van der Waals surface area (Å²) < 4.78 is 0. The van der Waals surface area contributed by atoms with Crippen LogP contribution in [-0.2, 0) is 5.60 Å². The van der Waals surface area contributed by atoms with Gasteiger partial charge in [0.05, 0.1) is 12.1 Å². The lowest BCUT2D eigenvalue weighted by atomic mass is 9.75. The normalized spacial score (nSPS) is 28.4. The molecule has 0 amide bonds. The zero-order chi connectivity index (χ0) is 17.3. The van der Waals surface area contributed by atoms with Crippen LogP contribution in [0.15, 0.2) is 54.6 Å². The van der Waals surface area contributed by atoms with Gasteiger partial charge < -0.3 is 10.8 Å². The first-order valence-corrected chi connectivity index (χ1v) is 9.01. The second-order valence-electron chi connectivity index (χ2n) is 7.28. The van der Waals surface area contributed by atoms with Gasteiger partial charge in [0.1, 0.15) is 0 Å². The van der Waals surface area contributed by atoms with E-state index >= 15 is 0 Å². The quantitative estimate of drug-likeness (QED) is 0.657. The number of rotatable bonds is 2. The van der Waals surface area contributed by atoms with Crippen LogP contribution in [0.2, 0.25) is 0 Å². The Morgan fingerprint density at radius 3 is 2.44 bits per heavy atom. The van der Waals surface area contributed by atoms with E-state index in [1.165, 1.54) is 0 Å². The van der Waals surface area contributed by atoms with Crippen LogP contribution in [0.3, 0.4) is 0 Å². The Morgan fingerprint density at radius 1 is 1.04 bits per heavy atom. The van der Waals surface area contributed by atoms with Gasteiger partial charge in [-0.2, -0.15) is 0 Å². The number of likely N-dealkylation sites (tertiary alicyclic amines) is 1. The number of nitrogen functional groups attached to an aromatic ring is 1. The first-order chi connectivity index (χ1) is 12.2. The standard InChI is InChI=1S/C22H24N2O/c23-21-10-4-9-18(14-21)22(25)19-11-12-20(22)16-24(15-19)13-5-8-17-6-2-1-3-7-17/h1-4,6-7,9-10,14,19-20,25H,11-13,15-16,23H2. The Balaban J connectivity index is 1.48. The summed E-state index contributed by atoms with van der Waals surface area (Å²) in [6.45, 7) is 2.55. The minimum Gasteiger partial charge on any atom is -0.399 e. The molecular weight excluding hydrogens is 308 g/mol. The molecule has 2 atom stereocenters. The smallest absolute Gasteiger partial charge is 0.0977 e. The third-order valence-electron chi connectivity index (χ3n) is 5.72. The predicted octanol–water partition coefficient (Wildman–Crippen LogP) is 2.85. The molecule has 2 aliphatic rings. The Bertz CT molecular complexity index is 792. The lowest BCUT2D eigenvalue weighted by molar-refractivity contribution is -0.0871. The van der Waals surface area contributed by atoms with Gasteiger partial charge >= 0.3 is 0 Å². The molecule has 2 bridgehead atoms. The van der Waals surface area contributed by atoms with Gasteiger partial charge in [-0.05, 0) is 42.7 Å². The van der Waals surface area contributed by atoms with Crippen molar-refractivity contribution >= 4 is 5.69 Å². The van der Waals surface area contributed by atoms with Crippen molar-refractivity contribution < 1.29 is 5.11 Å². The Morgan fingerprint density at radius 2 is 1.76 bits per heavy atom. The fourth-order valence-corrected chi connectivity index (χ4v) is 4.50. The van der Waals surface area contributed by atoms with Crippen LogP contribution in [0.4, 0.5) is 5.69 Å². The Kier molecular flexibility index (Phi) is 4.25. The van der Waals surface area contributed by atoms with Gasteiger partial charge in [0, 0.05) is 36.2 Å². The molecule has 0 radical (unpaired) electrons. The molecule has 128 valence electrons. The first kappa shape index (κ1) is 16.2. The molecule has 1 saturated carbocycles. The van der Waals surface area contributed by atoms with Gasteiger partial charge in [0.2, 0.25) is 0 Å². The van der Waals surface area contributed by atoms with Crippen LogP contribution in [0.1, 0.15) is 24.0 Å². The Labute approximate surface area is 149 Å². The van der Waals surface area contributed by atoms with Crippen molar-refractivity contribution in [1.82, 2.24) is 4.90 Å². The minimum absolute atomic E-state index is 0.256. The van der Waals surface area contributed by atoms with E-state index in [-0.39, 0.29) is 11.8 Å². The largest absolute Gasteiger partial charge is 0.399 e. The highest BCUT2D eigenvalue weighted by Gasteiger charge is 2.53. The highest BCUT2D eigenvalue weighted by Crippen LogP contribution is 2.51. The number of benzene rings is 2. The molecule has 3 heteroatoms. The number of aliphatic hydroxyl groups is 1. The topological polar surface area (TPSA) is 49.5 Å². The van der Waals surface area contributed by atoms with E-state index in [0.717, 1.165) is 49.3 Å². The van der Waals surface area contributed by atoms with Crippen molar-refractivity contribution in [3.63, 3.8) is 0 Å². The maximum absolute atomic E-state index is 11.5. The molecule has 2 aromatic rings. The molecule has 25 heavy (non-hydrogen) atoms. The highest BCUT2D eigenvalue weighted by molar-refractivity contribution is 5.44. The number of piperidine rings is 1. The molecule has 3 N–H and O–H groups in total. The maximum atomic E-state index is 11.5. The molecule has 1 saturated heterocycles. The SMILES string of the molecule is Nc1cccc(C2(O)C3CCC2CN(CC#Cc2ccccc2)C3)c1. The van der Waals surface area contributed by atoms with Crippen molar-refractivity contribution in [3.05, 3.63) is 65.7 Å².